The van der Waals surface area contributed by atoms with Crippen molar-refractivity contribution in [1.82, 2.24) is 25.4 Å². The summed E-state index contributed by atoms with van der Waals surface area (Å²) in [4.78, 5) is 15.9. The summed E-state index contributed by atoms with van der Waals surface area (Å²) in [5.41, 5.74) is 3.55. The Kier molecular flexibility index (Phi) is 6.81. The minimum Gasteiger partial charge on any atom is -0.437 e. The Morgan fingerprint density at radius 2 is 1.95 bits per heavy atom. The smallest absolute Gasteiger partial charge is 0.228 e. The fourth-order valence-corrected chi connectivity index (χ4v) is 4.98. The fourth-order valence-electron chi connectivity index (χ4n) is 4.98. The number of pyridine rings is 1. The molecule has 1 aliphatic rings. The number of fused-ring (bicyclic) bond motifs is 1. The molecular formula is C30H31N7O2. The molecule has 3 aromatic heterocycles. The van der Waals surface area contributed by atoms with Crippen LogP contribution in [0, 0.1) is 13.8 Å². The number of rotatable bonds is 7. The van der Waals surface area contributed by atoms with Crippen molar-refractivity contribution in [1.29, 1.82) is 0 Å². The minimum atomic E-state index is 0.311. The van der Waals surface area contributed by atoms with Crippen LogP contribution < -0.4 is 20.3 Å². The lowest BCUT2D eigenvalue weighted by atomic mass is 10.0. The van der Waals surface area contributed by atoms with Gasteiger partial charge in [0.25, 0.3) is 0 Å². The van der Waals surface area contributed by atoms with Gasteiger partial charge < -0.3 is 24.8 Å². The summed E-state index contributed by atoms with van der Waals surface area (Å²) in [6, 6.07) is 18.3. The van der Waals surface area contributed by atoms with Crippen LogP contribution in [0.15, 0.2) is 71.5 Å². The van der Waals surface area contributed by atoms with Crippen molar-refractivity contribution in [3.8, 4) is 22.9 Å². The molecule has 0 amide bonds. The Morgan fingerprint density at radius 1 is 1.03 bits per heavy atom. The number of anilines is 3. The fraction of sp³-hybridized carbons (Fsp3) is 0.267. The molecule has 1 saturated heterocycles. The predicted molar refractivity (Wildman–Crippen MR) is 153 cm³/mol. The summed E-state index contributed by atoms with van der Waals surface area (Å²) in [6.07, 6.45) is 5.74. The molecule has 6 rings (SSSR count). The molecular weight excluding hydrogens is 490 g/mol. The largest absolute Gasteiger partial charge is 0.437 e. The van der Waals surface area contributed by atoms with Gasteiger partial charge >= 0.3 is 0 Å². The van der Waals surface area contributed by atoms with Crippen LogP contribution in [0.2, 0.25) is 0 Å². The minimum absolute atomic E-state index is 0.311. The molecule has 0 bridgehead atoms. The van der Waals surface area contributed by atoms with Crippen LogP contribution >= 0.6 is 0 Å². The summed E-state index contributed by atoms with van der Waals surface area (Å²) >= 11 is 0. The maximum atomic E-state index is 6.59. The highest BCUT2D eigenvalue weighted by Gasteiger charge is 2.19. The highest BCUT2D eigenvalue weighted by molar-refractivity contribution is 6.00. The van der Waals surface area contributed by atoms with Crippen LogP contribution in [0.25, 0.3) is 22.0 Å². The van der Waals surface area contributed by atoms with Crippen LogP contribution in [0.1, 0.15) is 24.2 Å². The van der Waals surface area contributed by atoms with Crippen molar-refractivity contribution in [3.63, 3.8) is 0 Å². The first kappa shape index (κ1) is 24.8. The van der Waals surface area contributed by atoms with E-state index in [0.29, 0.717) is 17.9 Å². The maximum Gasteiger partial charge on any atom is 0.228 e. The van der Waals surface area contributed by atoms with Crippen LogP contribution in [0.5, 0.6) is 11.6 Å². The van der Waals surface area contributed by atoms with Gasteiger partial charge in [-0.1, -0.05) is 29.4 Å². The zero-order valence-corrected chi connectivity index (χ0v) is 22.3. The number of hydrogen-bond donors (Lipinski definition) is 2. The monoisotopic (exact) mass is 521 g/mol. The quantitative estimate of drug-likeness (QED) is 0.266. The van der Waals surface area contributed by atoms with Gasteiger partial charge in [0.2, 0.25) is 11.8 Å². The van der Waals surface area contributed by atoms with Crippen molar-refractivity contribution in [3.05, 3.63) is 78.3 Å². The average molecular weight is 522 g/mol. The molecule has 4 heterocycles. The normalized spacial score (nSPS) is 15.3. The number of piperidine rings is 1. The van der Waals surface area contributed by atoms with E-state index >= 15 is 0 Å². The van der Waals surface area contributed by atoms with E-state index in [9.17, 15) is 0 Å². The lowest BCUT2D eigenvalue weighted by Gasteiger charge is -2.23. The van der Waals surface area contributed by atoms with Crippen molar-refractivity contribution in [2.45, 2.75) is 32.7 Å². The van der Waals surface area contributed by atoms with Gasteiger partial charge in [-0.25, -0.2) is 15.0 Å². The average Bonchev–Trinajstić information content (AvgIpc) is 3.41. The van der Waals surface area contributed by atoms with Gasteiger partial charge in [-0.05, 0) is 63.1 Å². The van der Waals surface area contributed by atoms with E-state index in [2.05, 4.69) is 50.0 Å². The van der Waals surface area contributed by atoms with E-state index in [-0.39, 0.29) is 0 Å². The molecule has 0 spiro atoms. The third kappa shape index (κ3) is 5.13. The van der Waals surface area contributed by atoms with E-state index in [1.165, 1.54) is 0 Å². The summed E-state index contributed by atoms with van der Waals surface area (Å²) in [5, 5.41) is 13.1. The Hall–Kier alpha value is -4.50. The molecule has 1 fully saturated rings. The number of aryl methyl sites for hydroxylation is 2. The first-order valence-corrected chi connectivity index (χ1v) is 13.2. The second kappa shape index (κ2) is 10.7. The van der Waals surface area contributed by atoms with Crippen molar-refractivity contribution in [2.24, 2.45) is 0 Å². The summed E-state index contributed by atoms with van der Waals surface area (Å²) in [5.74, 6) is 3.35. The molecule has 198 valence electrons. The second-order valence-corrected chi connectivity index (χ2v) is 9.85. The van der Waals surface area contributed by atoms with E-state index in [4.69, 9.17) is 14.2 Å². The summed E-state index contributed by atoms with van der Waals surface area (Å²) < 4.78 is 11.9. The maximum absolute atomic E-state index is 6.59. The van der Waals surface area contributed by atoms with Gasteiger partial charge in [-0.15, -0.1) is 0 Å². The topological polar surface area (TPSA) is 101 Å². The van der Waals surface area contributed by atoms with Crippen LogP contribution in [0.4, 0.5) is 17.5 Å². The van der Waals surface area contributed by atoms with E-state index in [1.807, 2.05) is 56.1 Å². The van der Waals surface area contributed by atoms with Gasteiger partial charge in [0.05, 0.1) is 16.9 Å². The molecule has 1 atom stereocenters. The van der Waals surface area contributed by atoms with Crippen molar-refractivity contribution >= 4 is 28.2 Å². The number of hydrogen-bond acceptors (Lipinski definition) is 9. The van der Waals surface area contributed by atoms with Crippen LogP contribution in [-0.2, 0) is 0 Å². The first-order chi connectivity index (χ1) is 19.1. The molecule has 0 saturated carbocycles. The number of nitrogens with one attached hydrogen (secondary N) is 2. The molecule has 5 aromatic rings. The van der Waals surface area contributed by atoms with Gasteiger partial charge in [0, 0.05) is 48.9 Å². The Labute approximate surface area is 227 Å². The van der Waals surface area contributed by atoms with Crippen molar-refractivity contribution in [2.75, 3.05) is 30.4 Å². The van der Waals surface area contributed by atoms with Crippen molar-refractivity contribution < 1.29 is 9.26 Å². The lowest BCUT2D eigenvalue weighted by molar-refractivity contribution is 0.399. The Bertz CT molecular complexity index is 1610. The lowest BCUT2D eigenvalue weighted by Crippen LogP contribution is -2.38. The summed E-state index contributed by atoms with van der Waals surface area (Å²) in [6.45, 7) is 5.89. The Morgan fingerprint density at radius 3 is 2.77 bits per heavy atom. The third-order valence-corrected chi connectivity index (χ3v) is 7.04. The van der Waals surface area contributed by atoms with Gasteiger partial charge in [0.15, 0.2) is 5.82 Å². The number of aromatic nitrogens is 4. The molecule has 0 unspecified atom stereocenters. The van der Waals surface area contributed by atoms with E-state index in [1.54, 1.807) is 12.4 Å². The second-order valence-electron chi connectivity index (χ2n) is 9.85. The Balaban J connectivity index is 1.35. The molecule has 2 aromatic carbocycles. The molecule has 1 aliphatic heterocycles. The molecule has 0 radical (unpaired) electrons. The SMILES string of the molecule is Cc1cc(N(C)c2cccc3c(Oc4ncccc4-c4ccnc(N[C@H]5CCCNC5)n4)c(C)ccc23)no1. The first-order valence-electron chi connectivity index (χ1n) is 13.2. The predicted octanol–water partition coefficient (Wildman–Crippen LogP) is 6.02. The summed E-state index contributed by atoms with van der Waals surface area (Å²) in [7, 11) is 1.98. The highest BCUT2D eigenvalue weighted by Crippen LogP contribution is 2.40. The number of nitrogens with zero attached hydrogens (tertiary/aromatic N) is 5. The number of benzene rings is 2. The molecule has 0 aliphatic carbocycles. The van der Waals surface area contributed by atoms with Gasteiger partial charge in [-0.3, -0.25) is 0 Å². The molecule has 2 N–H and O–H groups in total. The van der Waals surface area contributed by atoms with Crippen LogP contribution in [0.3, 0.4) is 0 Å². The molecule has 39 heavy (non-hydrogen) atoms. The molecule has 9 nitrogen and oxygen atoms in total. The third-order valence-electron chi connectivity index (χ3n) is 7.04. The standard InChI is InChI=1S/C30H31N7O2/c1-19-11-12-22-23(8-4-10-26(22)37(3)27-17-20(2)39-36-27)28(19)38-29-24(9-6-15-32-29)25-13-16-33-30(35-25)34-21-7-5-14-31-18-21/h4,6,8-13,15-17,21,31H,5,7,14,18H2,1-3H3,(H,33,34,35)/t21-/m0/s1. The molecule has 9 heteroatoms. The van der Waals surface area contributed by atoms with E-state index in [0.717, 1.165) is 76.5 Å². The van der Waals surface area contributed by atoms with Gasteiger partial charge in [-0.2, -0.15) is 0 Å². The van der Waals surface area contributed by atoms with E-state index < -0.39 is 0 Å². The van der Waals surface area contributed by atoms with Gasteiger partial charge in [0.1, 0.15) is 11.5 Å². The zero-order valence-electron chi connectivity index (χ0n) is 22.3. The number of ether oxygens (including phenoxy) is 1. The zero-order chi connectivity index (χ0) is 26.8. The van der Waals surface area contributed by atoms with Crippen LogP contribution in [-0.4, -0.2) is 46.3 Å². The highest BCUT2D eigenvalue weighted by atomic mass is 16.5.